The molecule has 1 aliphatic carbocycles. The summed E-state index contributed by atoms with van der Waals surface area (Å²) in [7, 11) is 0. The van der Waals surface area contributed by atoms with E-state index in [-0.39, 0.29) is 12.4 Å². The summed E-state index contributed by atoms with van der Waals surface area (Å²) in [5.74, 6) is 1.94. The van der Waals surface area contributed by atoms with Crippen LogP contribution in [0.3, 0.4) is 0 Å². The first kappa shape index (κ1) is 11.0. The van der Waals surface area contributed by atoms with Crippen molar-refractivity contribution >= 4 is 18.1 Å². The molecule has 0 bridgehead atoms. The zero-order valence-corrected chi connectivity index (χ0v) is 9.41. The zero-order chi connectivity index (χ0) is 10.3. The number of benzene rings is 1. The minimum Gasteiger partial charge on any atom is -0.399 e. The molecule has 1 aromatic carbocycles. The molecule has 1 fully saturated rings. The van der Waals surface area contributed by atoms with Crippen molar-refractivity contribution in [3.63, 3.8) is 0 Å². The third kappa shape index (κ3) is 2.02. The molecule has 0 atom stereocenters. The van der Waals surface area contributed by atoms with E-state index in [0.717, 1.165) is 17.1 Å². The van der Waals surface area contributed by atoms with Gasteiger partial charge in [-0.05, 0) is 37.1 Å². The number of halogens is 1. The molecule has 1 heterocycles. The fourth-order valence-electron chi connectivity index (χ4n) is 1.49. The van der Waals surface area contributed by atoms with Crippen LogP contribution in [0.5, 0.6) is 0 Å². The molecular formula is C11H12ClN3O. The average Bonchev–Trinajstić information content (AvgIpc) is 2.99. The minimum absolute atomic E-state index is 0. The molecule has 84 valence electrons. The van der Waals surface area contributed by atoms with Crippen molar-refractivity contribution in [1.29, 1.82) is 0 Å². The molecule has 0 aliphatic heterocycles. The molecule has 1 aliphatic rings. The van der Waals surface area contributed by atoms with Gasteiger partial charge in [0.1, 0.15) is 0 Å². The molecule has 2 aromatic rings. The van der Waals surface area contributed by atoms with Crippen LogP contribution < -0.4 is 5.73 Å². The van der Waals surface area contributed by atoms with Gasteiger partial charge >= 0.3 is 0 Å². The van der Waals surface area contributed by atoms with E-state index in [4.69, 9.17) is 10.3 Å². The molecule has 2 N–H and O–H groups in total. The number of rotatable bonds is 2. The number of aromatic nitrogens is 2. The van der Waals surface area contributed by atoms with E-state index < -0.39 is 0 Å². The number of hydrogen-bond donors (Lipinski definition) is 1. The molecule has 0 spiro atoms. The van der Waals surface area contributed by atoms with Gasteiger partial charge in [0.2, 0.25) is 0 Å². The van der Waals surface area contributed by atoms with Gasteiger partial charge in [-0.3, -0.25) is 0 Å². The van der Waals surface area contributed by atoms with Crippen LogP contribution in [-0.2, 0) is 0 Å². The van der Waals surface area contributed by atoms with Crippen LogP contribution in [0.1, 0.15) is 24.6 Å². The highest BCUT2D eigenvalue weighted by Crippen LogP contribution is 2.38. The summed E-state index contributed by atoms with van der Waals surface area (Å²) in [6, 6.07) is 7.44. The first-order valence-electron chi connectivity index (χ1n) is 5.02. The van der Waals surface area contributed by atoms with Gasteiger partial charge in [-0.2, -0.15) is 4.98 Å². The Morgan fingerprint density at radius 1 is 1.19 bits per heavy atom. The van der Waals surface area contributed by atoms with Gasteiger partial charge in [-0.1, -0.05) is 5.16 Å². The van der Waals surface area contributed by atoms with Crippen LogP contribution >= 0.6 is 12.4 Å². The minimum atomic E-state index is 0. The van der Waals surface area contributed by atoms with Crippen molar-refractivity contribution in [1.82, 2.24) is 10.1 Å². The summed E-state index contributed by atoms with van der Waals surface area (Å²) >= 11 is 0. The standard InChI is InChI=1S/C11H11N3O.ClH/c12-9-5-3-8(4-6-9)11-13-10(14-15-11)7-1-2-7;/h3-7H,1-2,12H2;1H. The summed E-state index contributed by atoms with van der Waals surface area (Å²) < 4.78 is 5.19. The molecule has 0 unspecified atom stereocenters. The van der Waals surface area contributed by atoms with E-state index in [0.29, 0.717) is 11.8 Å². The van der Waals surface area contributed by atoms with Gasteiger partial charge < -0.3 is 10.3 Å². The largest absolute Gasteiger partial charge is 0.399 e. The molecule has 16 heavy (non-hydrogen) atoms. The average molecular weight is 238 g/mol. The molecular weight excluding hydrogens is 226 g/mol. The lowest BCUT2D eigenvalue weighted by atomic mass is 10.2. The Kier molecular flexibility index (Phi) is 2.83. The van der Waals surface area contributed by atoms with Gasteiger partial charge in [-0.25, -0.2) is 0 Å². The smallest absolute Gasteiger partial charge is 0.257 e. The molecule has 1 aromatic heterocycles. The number of nitrogens with two attached hydrogens (primary N) is 1. The van der Waals surface area contributed by atoms with E-state index in [1.54, 1.807) is 0 Å². The Labute approximate surface area is 99.3 Å². The second-order valence-corrected chi connectivity index (χ2v) is 3.85. The SMILES string of the molecule is Cl.Nc1ccc(-c2nc(C3CC3)no2)cc1. The highest BCUT2D eigenvalue weighted by Gasteiger charge is 2.28. The van der Waals surface area contributed by atoms with Crippen LogP contribution in [0.2, 0.25) is 0 Å². The second-order valence-electron chi connectivity index (χ2n) is 3.85. The quantitative estimate of drug-likeness (QED) is 0.816. The Hall–Kier alpha value is -1.55. The van der Waals surface area contributed by atoms with Crippen LogP contribution in [0, 0.1) is 0 Å². The number of nitrogens with zero attached hydrogens (tertiary/aromatic N) is 2. The van der Waals surface area contributed by atoms with E-state index in [9.17, 15) is 0 Å². The predicted octanol–water partition coefficient (Wildman–Crippen LogP) is 2.62. The van der Waals surface area contributed by atoms with Crippen molar-refractivity contribution in [3.8, 4) is 11.5 Å². The molecule has 5 heteroatoms. The normalized spacial score (nSPS) is 14.5. The van der Waals surface area contributed by atoms with Gasteiger partial charge in [0, 0.05) is 17.2 Å². The third-order valence-electron chi connectivity index (χ3n) is 2.54. The van der Waals surface area contributed by atoms with Gasteiger partial charge in [0.25, 0.3) is 5.89 Å². The fourth-order valence-corrected chi connectivity index (χ4v) is 1.49. The van der Waals surface area contributed by atoms with Crippen molar-refractivity contribution in [2.45, 2.75) is 18.8 Å². The monoisotopic (exact) mass is 237 g/mol. The second kappa shape index (κ2) is 4.14. The van der Waals surface area contributed by atoms with Crippen LogP contribution in [0.25, 0.3) is 11.5 Å². The summed E-state index contributed by atoms with van der Waals surface area (Å²) in [6.45, 7) is 0. The molecule has 0 radical (unpaired) electrons. The van der Waals surface area contributed by atoms with Crippen molar-refractivity contribution < 1.29 is 4.52 Å². The maximum Gasteiger partial charge on any atom is 0.257 e. The molecule has 0 amide bonds. The van der Waals surface area contributed by atoms with Crippen molar-refractivity contribution in [3.05, 3.63) is 30.1 Å². The lowest BCUT2D eigenvalue weighted by Gasteiger charge is -1.94. The highest BCUT2D eigenvalue weighted by molar-refractivity contribution is 5.85. The highest BCUT2D eigenvalue weighted by atomic mass is 35.5. The summed E-state index contributed by atoms with van der Waals surface area (Å²) in [4.78, 5) is 4.35. The molecule has 0 saturated heterocycles. The van der Waals surface area contributed by atoms with E-state index >= 15 is 0 Å². The Morgan fingerprint density at radius 3 is 2.50 bits per heavy atom. The number of anilines is 1. The number of nitrogen functional groups attached to an aromatic ring is 1. The van der Waals surface area contributed by atoms with Crippen LogP contribution in [0.4, 0.5) is 5.69 Å². The van der Waals surface area contributed by atoms with Crippen LogP contribution in [0.15, 0.2) is 28.8 Å². The molecule has 3 rings (SSSR count). The van der Waals surface area contributed by atoms with Crippen molar-refractivity contribution in [2.24, 2.45) is 0 Å². The first-order valence-corrected chi connectivity index (χ1v) is 5.02. The van der Waals surface area contributed by atoms with Gasteiger partial charge in [-0.15, -0.1) is 12.4 Å². The van der Waals surface area contributed by atoms with E-state index in [1.807, 2.05) is 24.3 Å². The van der Waals surface area contributed by atoms with Crippen LogP contribution in [-0.4, -0.2) is 10.1 Å². The van der Waals surface area contributed by atoms with Crippen molar-refractivity contribution in [2.75, 3.05) is 5.73 Å². The third-order valence-corrected chi connectivity index (χ3v) is 2.54. The Morgan fingerprint density at radius 2 is 1.88 bits per heavy atom. The van der Waals surface area contributed by atoms with Gasteiger partial charge in [0.05, 0.1) is 0 Å². The summed E-state index contributed by atoms with van der Waals surface area (Å²) in [5, 5.41) is 3.96. The first-order chi connectivity index (χ1) is 7.33. The maximum atomic E-state index is 5.60. The van der Waals surface area contributed by atoms with Gasteiger partial charge in [0.15, 0.2) is 5.82 Å². The molecule has 1 saturated carbocycles. The Balaban J connectivity index is 0.000000963. The topological polar surface area (TPSA) is 64.9 Å². The zero-order valence-electron chi connectivity index (χ0n) is 8.59. The Bertz CT molecular complexity index is 476. The number of hydrogen-bond acceptors (Lipinski definition) is 4. The van der Waals surface area contributed by atoms with E-state index in [1.165, 1.54) is 12.8 Å². The fraction of sp³-hybridized carbons (Fsp3) is 0.273. The van der Waals surface area contributed by atoms with E-state index in [2.05, 4.69) is 10.1 Å². The summed E-state index contributed by atoms with van der Waals surface area (Å²) in [6.07, 6.45) is 2.36. The lowest BCUT2D eigenvalue weighted by Crippen LogP contribution is -1.84. The summed E-state index contributed by atoms with van der Waals surface area (Å²) in [5.41, 5.74) is 7.26. The predicted molar refractivity (Wildman–Crippen MR) is 63.4 cm³/mol. The molecule has 4 nitrogen and oxygen atoms in total. The maximum absolute atomic E-state index is 5.60. The lowest BCUT2D eigenvalue weighted by molar-refractivity contribution is 0.422.